The zero-order chi connectivity index (χ0) is 11.4. The Hall–Kier alpha value is -0.650. The first-order valence-electron chi connectivity index (χ1n) is 4.28. The quantitative estimate of drug-likeness (QED) is 0.688. The zero-order valence-electron chi connectivity index (χ0n) is 8.25. The first kappa shape index (κ1) is 12.4. The van der Waals surface area contributed by atoms with E-state index in [4.69, 9.17) is 16.4 Å². The molecule has 0 saturated carbocycles. The topological polar surface area (TPSA) is 51.2 Å². The molecule has 1 heterocycles. The first-order chi connectivity index (χ1) is 7.02. The number of hydrogen-bond donors (Lipinski definition) is 1. The molecular formula is C9H10BrClN2O2. The molecule has 0 aliphatic heterocycles. The van der Waals surface area contributed by atoms with Gasteiger partial charge in [0.25, 0.3) is 5.91 Å². The molecule has 0 radical (unpaired) electrons. The predicted octanol–water partition coefficient (Wildman–Crippen LogP) is 2.57. The van der Waals surface area contributed by atoms with Crippen LogP contribution >= 0.6 is 27.5 Å². The lowest BCUT2D eigenvalue weighted by atomic mass is 10.3. The molecule has 0 atom stereocenters. The van der Waals surface area contributed by atoms with Crippen molar-refractivity contribution in [2.24, 2.45) is 0 Å². The van der Waals surface area contributed by atoms with Crippen LogP contribution in [-0.2, 0) is 4.84 Å². The molecule has 0 aliphatic carbocycles. The van der Waals surface area contributed by atoms with Crippen LogP contribution in [0.5, 0.6) is 0 Å². The van der Waals surface area contributed by atoms with Gasteiger partial charge in [-0.1, -0.05) is 11.6 Å². The monoisotopic (exact) mass is 292 g/mol. The summed E-state index contributed by atoms with van der Waals surface area (Å²) in [7, 11) is 0. The third-order valence-corrected chi connectivity index (χ3v) is 2.38. The lowest BCUT2D eigenvalue weighted by Crippen LogP contribution is -2.27. The minimum atomic E-state index is -0.423. The van der Waals surface area contributed by atoms with Crippen LogP contribution in [0.1, 0.15) is 24.2 Å². The van der Waals surface area contributed by atoms with Crippen LogP contribution in [0.15, 0.2) is 16.9 Å². The van der Waals surface area contributed by atoms with Gasteiger partial charge in [-0.3, -0.25) is 9.63 Å². The van der Waals surface area contributed by atoms with Crippen LogP contribution in [0.4, 0.5) is 0 Å². The molecule has 0 fully saturated rings. The minimum absolute atomic E-state index is 0.0943. The maximum atomic E-state index is 11.6. The number of nitrogens with one attached hydrogen (secondary N) is 1. The number of hydroxylamine groups is 1. The molecule has 6 heteroatoms. The smallest absolute Gasteiger partial charge is 0.271 e. The molecule has 0 aromatic carbocycles. The summed E-state index contributed by atoms with van der Waals surface area (Å²) in [5.74, 6) is -0.423. The highest BCUT2D eigenvalue weighted by Crippen LogP contribution is 2.22. The SMILES string of the molecule is CC(C)ONC(=O)c1c(Cl)ccnc1Br. The van der Waals surface area contributed by atoms with Crippen molar-refractivity contribution < 1.29 is 9.63 Å². The molecule has 0 unspecified atom stereocenters. The number of carbonyl (C=O) groups excluding carboxylic acids is 1. The Balaban J connectivity index is 2.82. The molecule has 15 heavy (non-hydrogen) atoms. The van der Waals surface area contributed by atoms with Gasteiger partial charge in [-0.05, 0) is 35.8 Å². The fourth-order valence-corrected chi connectivity index (χ4v) is 1.70. The molecule has 0 saturated heterocycles. The molecule has 4 nitrogen and oxygen atoms in total. The van der Waals surface area contributed by atoms with Gasteiger partial charge < -0.3 is 0 Å². The number of carbonyl (C=O) groups is 1. The van der Waals surface area contributed by atoms with Gasteiger partial charge in [0, 0.05) is 6.20 Å². The van der Waals surface area contributed by atoms with Crippen LogP contribution in [0.25, 0.3) is 0 Å². The molecular weight excluding hydrogens is 283 g/mol. The molecule has 1 amide bonds. The van der Waals surface area contributed by atoms with Crippen LogP contribution in [-0.4, -0.2) is 17.0 Å². The zero-order valence-corrected chi connectivity index (χ0v) is 10.6. The van der Waals surface area contributed by atoms with Crippen LogP contribution in [0, 0.1) is 0 Å². The van der Waals surface area contributed by atoms with E-state index in [2.05, 4.69) is 26.4 Å². The lowest BCUT2D eigenvalue weighted by molar-refractivity contribution is 0.000116. The summed E-state index contributed by atoms with van der Waals surface area (Å²) < 4.78 is 0.389. The highest BCUT2D eigenvalue weighted by atomic mass is 79.9. The Morgan fingerprint density at radius 1 is 1.67 bits per heavy atom. The molecule has 0 bridgehead atoms. The number of hydrogen-bond acceptors (Lipinski definition) is 3. The molecule has 1 aromatic rings. The van der Waals surface area contributed by atoms with E-state index in [0.29, 0.717) is 9.63 Å². The van der Waals surface area contributed by atoms with Crippen molar-refractivity contribution in [3.63, 3.8) is 0 Å². The van der Waals surface area contributed by atoms with E-state index < -0.39 is 5.91 Å². The van der Waals surface area contributed by atoms with Crippen molar-refractivity contribution in [1.82, 2.24) is 10.5 Å². The van der Waals surface area contributed by atoms with E-state index in [1.54, 1.807) is 13.8 Å². The fraction of sp³-hybridized carbons (Fsp3) is 0.333. The molecule has 1 aromatic heterocycles. The normalized spacial score (nSPS) is 10.5. The van der Waals surface area contributed by atoms with Crippen LogP contribution in [0.2, 0.25) is 5.02 Å². The van der Waals surface area contributed by atoms with Crippen molar-refractivity contribution >= 4 is 33.4 Å². The van der Waals surface area contributed by atoms with Gasteiger partial charge in [-0.15, -0.1) is 0 Å². The second-order valence-corrected chi connectivity index (χ2v) is 4.21. The number of rotatable bonds is 3. The molecule has 0 aliphatic rings. The van der Waals surface area contributed by atoms with Gasteiger partial charge in [0.15, 0.2) is 0 Å². The second kappa shape index (κ2) is 5.44. The van der Waals surface area contributed by atoms with Crippen molar-refractivity contribution in [2.45, 2.75) is 20.0 Å². The second-order valence-electron chi connectivity index (χ2n) is 3.06. The van der Waals surface area contributed by atoms with Gasteiger partial charge in [0.05, 0.1) is 16.7 Å². The number of pyridine rings is 1. The van der Waals surface area contributed by atoms with Crippen LogP contribution < -0.4 is 5.48 Å². The summed E-state index contributed by atoms with van der Waals surface area (Å²) in [4.78, 5) is 20.5. The van der Waals surface area contributed by atoms with Crippen molar-refractivity contribution in [3.05, 3.63) is 27.5 Å². The Morgan fingerprint density at radius 3 is 2.87 bits per heavy atom. The number of aromatic nitrogens is 1. The van der Waals surface area contributed by atoms with Gasteiger partial charge in [0.2, 0.25) is 0 Å². The minimum Gasteiger partial charge on any atom is -0.271 e. The average molecular weight is 294 g/mol. The Labute approximate surface area is 101 Å². The third-order valence-electron chi connectivity index (χ3n) is 1.47. The molecule has 1 N–H and O–H groups in total. The summed E-state index contributed by atoms with van der Waals surface area (Å²) in [6.07, 6.45) is 1.41. The number of halogens is 2. The van der Waals surface area contributed by atoms with E-state index in [1.165, 1.54) is 12.3 Å². The summed E-state index contributed by atoms with van der Waals surface area (Å²) >= 11 is 9.00. The van der Waals surface area contributed by atoms with E-state index in [0.717, 1.165) is 0 Å². The Morgan fingerprint density at radius 2 is 2.33 bits per heavy atom. The fourth-order valence-electron chi connectivity index (χ4n) is 0.839. The predicted molar refractivity (Wildman–Crippen MR) is 60.6 cm³/mol. The maximum Gasteiger partial charge on any atom is 0.279 e. The maximum absolute atomic E-state index is 11.6. The van der Waals surface area contributed by atoms with E-state index >= 15 is 0 Å². The van der Waals surface area contributed by atoms with E-state index in [9.17, 15) is 4.79 Å². The standard InChI is InChI=1S/C9H10BrClN2O2/c1-5(2)15-13-9(14)7-6(11)3-4-12-8(7)10/h3-5H,1-2H3,(H,13,14). The molecule has 82 valence electrons. The Bertz CT molecular complexity index is 351. The average Bonchev–Trinajstić information content (AvgIpc) is 2.14. The molecule has 1 rings (SSSR count). The lowest BCUT2D eigenvalue weighted by Gasteiger charge is -2.09. The van der Waals surface area contributed by atoms with E-state index in [-0.39, 0.29) is 11.7 Å². The first-order valence-corrected chi connectivity index (χ1v) is 5.45. The van der Waals surface area contributed by atoms with Crippen molar-refractivity contribution in [3.8, 4) is 0 Å². The summed E-state index contributed by atoms with van der Waals surface area (Å²) in [6.45, 7) is 3.61. The van der Waals surface area contributed by atoms with Gasteiger partial charge in [-0.2, -0.15) is 0 Å². The van der Waals surface area contributed by atoms with Crippen molar-refractivity contribution in [1.29, 1.82) is 0 Å². The highest BCUT2D eigenvalue weighted by molar-refractivity contribution is 9.10. The summed E-state index contributed by atoms with van der Waals surface area (Å²) in [5, 5.41) is 0.321. The number of nitrogens with zero attached hydrogens (tertiary/aromatic N) is 1. The third kappa shape index (κ3) is 3.44. The summed E-state index contributed by atoms with van der Waals surface area (Å²) in [5.41, 5.74) is 2.55. The van der Waals surface area contributed by atoms with Gasteiger partial charge >= 0.3 is 0 Å². The van der Waals surface area contributed by atoms with Crippen molar-refractivity contribution in [2.75, 3.05) is 0 Å². The van der Waals surface area contributed by atoms with Gasteiger partial charge in [0.1, 0.15) is 4.60 Å². The largest absolute Gasteiger partial charge is 0.279 e. The highest BCUT2D eigenvalue weighted by Gasteiger charge is 2.15. The number of amides is 1. The Kier molecular flexibility index (Phi) is 4.50. The van der Waals surface area contributed by atoms with Gasteiger partial charge in [-0.25, -0.2) is 10.5 Å². The van der Waals surface area contributed by atoms with Crippen LogP contribution in [0.3, 0.4) is 0 Å². The van der Waals surface area contributed by atoms with E-state index in [1.807, 2.05) is 0 Å². The summed E-state index contributed by atoms with van der Waals surface area (Å²) in [6, 6.07) is 1.54. The molecule has 0 spiro atoms.